The zero-order valence-electron chi connectivity index (χ0n) is 12.0. The summed E-state index contributed by atoms with van der Waals surface area (Å²) in [6.07, 6.45) is 1.46. The average molecular weight is 316 g/mol. The van der Waals surface area contributed by atoms with E-state index < -0.39 is 5.41 Å². The molecule has 1 heterocycles. The van der Waals surface area contributed by atoms with E-state index in [1.165, 1.54) is 0 Å². The quantitative estimate of drug-likeness (QED) is 0.782. The van der Waals surface area contributed by atoms with E-state index >= 15 is 0 Å². The Hall–Kier alpha value is -0.0700. The first-order valence-corrected chi connectivity index (χ1v) is 6.24. The van der Waals surface area contributed by atoms with Gasteiger partial charge in [-0.1, -0.05) is 0 Å². The highest BCUT2D eigenvalue weighted by Gasteiger charge is 2.38. The number of halogens is 2. The molecule has 0 aromatic carbocycles. The highest BCUT2D eigenvalue weighted by atomic mass is 35.5. The molecule has 0 aliphatic carbocycles. The molecule has 1 fully saturated rings. The van der Waals surface area contributed by atoms with Crippen molar-refractivity contribution in [2.24, 2.45) is 11.1 Å². The number of carbonyl (C=O) groups is 1. The van der Waals surface area contributed by atoms with Gasteiger partial charge in [-0.2, -0.15) is 0 Å². The number of likely N-dealkylation sites (N-methyl/N-ethyl adjacent to an activating group) is 1. The topological polar surface area (TPSA) is 67.6 Å². The summed E-state index contributed by atoms with van der Waals surface area (Å²) in [5, 5.41) is 3.01. The molecule has 1 atom stereocenters. The van der Waals surface area contributed by atoms with Crippen LogP contribution in [0.1, 0.15) is 19.8 Å². The van der Waals surface area contributed by atoms with Gasteiger partial charge in [0.05, 0.1) is 5.41 Å². The summed E-state index contributed by atoms with van der Waals surface area (Å²) >= 11 is 0. The third kappa shape index (κ3) is 5.83. The number of ether oxygens (including phenoxy) is 1. The highest BCUT2D eigenvalue weighted by Crippen LogP contribution is 2.29. The molecule has 0 aromatic rings. The first kappa shape index (κ1) is 21.2. The molecular formula is C12H27Cl2N3O2. The second-order valence-electron chi connectivity index (χ2n) is 5.12. The van der Waals surface area contributed by atoms with Gasteiger partial charge in [-0.3, -0.25) is 4.79 Å². The Balaban J connectivity index is 0. The lowest BCUT2D eigenvalue weighted by atomic mass is 9.79. The van der Waals surface area contributed by atoms with Gasteiger partial charge in [0, 0.05) is 32.3 Å². The summed E-state index contributed by atoms with van der Waals surface area (Å²) < 4.78 is 5.30. The third-order valence-electron chi connectivity index (χ3n) is 3.76. The van der Waals surface area contributed by atoms with Gasteiger partial charge in [0.2, 0.25) is 5.91 Å². The SMILES string of the molecule is CC(CNC(=O)C1(CN)CCOCC1)N(C)C.Cl.Cl. The summed E-state index contributed by atoms with van der Waals surface area (Å²) in [5.41, 5.74) is 5.37. The molecule has 0 bridgehead atoms. The molecule has 19 heavy (non-hydrogen) atoms. The number of nitrogens with two attached hydrogens (primary N) is 1. The van der Waals surface area contributed by atoms with Crippen molar-refractivity contribution in [2.75, 3.05) is 40.4 Å². The average Bonchev–Trinajstić information content (AvgIpc) is 2.36. The van der Waals surface area contributed by atoms with Crippen LogP contribution in [0.2, 0.25) is 0 Å². The number of nitrogens with one attached hydrogen (secondary N) is 1. The molecule has 1 aliphatic heterocycles. The van der Waals surface area contributed by atoms with Gasteiger partial charge < -0.3 is 20.7 Å². The lowest BCUT2D eigenvalue weighted by molar-refractivity contribution is -0.136. The van der Waals surface area contributed by atoms with Crippen LogP contribution in [-0.4, -0.2) is 57.2 Å². The molecule has 1 rings (SSSR count). The maximum atomic E-state index is 12.2. The normalized spacial score (nSPS) is 19.0. The smallest absolute Gasteiger partial charge is 0.227 e. The van der Waals surface area contributed by atoms with Crippen LogP contribution in [0.25, 0.3) is 0 Å². The minimum atomic E-state index is -0.412. The fourth-order valence-corrected chi connectivity index (χ4v) is 1.90. The van der Waals surface area contributed by atoms with E-state index in [-0.39, 0.29) is 30.7 Å². The number of hydrogen-bond acceptors (Lipinski definition) is 4. The fraction of sp³-hybridized carbons (Fsp3) is 0.917. The summed E-state index contributed by atoms with van der Waals surface area (Å²) in [7, 11) is 4.01. The molecule has 0 aromatic heterocycles. The molecule has 1 saturated heterocycles. The van der Waals surface area contributed by atoms with Crippen LogP contribution in [0.3, 0.4) is 0 Å². The molecule has 116 valence electrons. The Morgan fingerprint density at radius 3 is 2.32 bits per heavy atom. The van der Waals surface area contributed by atoms with E-state index in [1.54, 1.807) is 0 Å². The van der Waals surface area contributed by atoms with Crippen molar-refractivity contribution < 1.29 is 9.53 Å². The number of rotatable bonds is 5. The zero-order valence-corrected chi connectivity index (χ0v) is 13.6. The summed E-state index contributed by atoms with van der Waals surface area (Å²) in [5.74, 6) is 0.0806. The van der Waals surface area contributed by atoms with Crippen LogP contribution in [0, 0.1) is 5.41 Å². The molecule has 5 nitrogen and oxygen atoms in total. The van der Waals surface area contributed by atoms with E-state index in [9.17, 15) is 4.79 Å². The molecule has 1 unspecified atom stereocenters. The van der Waals surface area contributed by atoms with Crippen molar-refractivity contribution in [3.8, 4) is 0 Å². The Kier molecular flexibility index (Phi) is 10.9. The van der Waals surface area contributed by atoms with Gasteiger partial charge in [0.1, 0.15) is 0 Å². The molecule has 1 aliphatic rings. The Labute approximate surface area is 128 Å². The van der Waals surface area contributed by atoms with Crippen LogP contribution in [-0.2, 0) is 9.53 Å². The summed E-state index contributed by atoms with van der Waals surface area (Å²) in [6.45, 7) is 4.41. The molecule has 7 heteroatoms. The molecule has 0 radical (unpaired) electrons. The number of nitrogens with zero attached hydrogens (tertiary/aromatic N) is 1. The standard InChI is InChI=1S/C12H25N3O2.2ClH/c1-10(15(2)3)8-14-11(16)12(9-13)4-6-17-7-5-12;;/h10H,4-9,13H2,1-3H3,(H,14,16);2*1H. The van der Waals surface area contributed by atoms with Crippen LogP contribution in [0.4, 0.5) is 0 Å². The van der Waals surface area contributed by atoms with Crippen molar-refractivity contribution in [3.05, 3.63) is 0 Å². The van der Waals surface area contributed by atoms with Crippen molar-refractivity contribution in [1.29, 1.82) is 0 Å². The minimum Gasteiger partial charge on any atom is -0.381 e. The number of carbonyl (C=O) groups excluding carboxylic acids is 1. The number of amides is 1. The van der Waals surface area contributed by atoms with Crippen LogP contribution < -0.4 is 11.1 Å². The zero-order chi connectivity index (χ0) is 12.9. The first-order valence-electron chi connectivity index (χ1n) is 6.24. The molecule has 0 saturated carbocycles. The predicted molar refractivity (Wildman–Crippen MR) is 82.2 cm³/mol. The summed E-state index contributed by atoms with van der Waals surface area (Å²) in [4.78, 5) is 14.3. The third-order valence-corrected chi connectivity index (χ3v) is 3.76. The van der Waals surface area contributed by atoms with Crippen LogP contribution in [0.15, 0.2) is 0 Å². The Morgan fingerprint density at radius 2 is 1.89 bits per heavy atom. The van der Waals surface area contributed by atoms with E-state index in [4.69, 9.17) is 10.5 Å². The predicted octanol–water partition coefficient (Wildman–Crippen LogP) is 0.652. The fourth-order valence-electron chi connectivity index (χ4n) is 1.90. The molecule has 1 amide bonds. The van der Waals surface area contributed by atoms with Gasteiger partial charge in [-0.05, 0) is 33.9 Å². The highest BCUT2D eigenvalue weighted by molar-refractivity contribution is 5.85. The van der Waals surface area contributed by atoms with E-state index in [0.717, 1.165) is 12.8 Å². The van der Waals surface area contributed by atoms with Gasteiger partial charge in [0.25, 0.3) is 0 Å². The molecule has 3 N–H and O–H groups in total. The first-order chi connectivity index (χ1) is 8.02. The van der Waals surface area contributed by atoms with E-state index in [0.29, 0.717) is 32.3 Å². The monoisotopic (exact) mass is 315 g/mol. The lowest BCUT2D eigenvalue weighted by Gasteiger charge is -2.35. The Bertz CT molecular complexity index is 259. The van der Waals surface area contributed by atoms with E-state index in [1.807, 2.05) is 14.1 Å². The van der Waals surface area contributed by atoms with E-state index in [2.05, 4.69) is 17.1 Å². The Morgan fingerprint density at radius 1 is 1.37 bits per heavy atom. The molecule has 0 spiro atoms. The van der Waals surface area contributed by atoms with Gasteiger partial charge in [-0.25, -0.2) is 0 Å². The van der Waals surface area contributed by atoms with Crippen molar-refractivity contribution in [3.63, 3.8) is 0 Å². The van der Waals surface area contributed by atoms with Crippen molar-refractivity contribution in [1.82, 2.24) is 10.2 Å². The maximum Gasteiger partial charge on any atom is 0.227 e. The molecular weight excluding hydrogens is 289 g/mol. The second kappa shape index (κ2) is 9.77. The van der Waals surface area contributed by atoms with Gasteiger partial charge in [0.15, 0.2) is 0 Å². The summed E-state index contributed by atoms with van der Waals surface area (Å²) in [6, 6.07) is 0.327. The van der Waals surface area contributed by atoms with Gasteiger partial charge in [-0.15, -0.1) is 24.8 Å². The number of hydrogen-bond donors (Lipinski definition) is 2. The second-order valence-corrected chi connectivity index (χ2v) is 5.12. The largest absolute Gasteiger partial charge is 0.381 e. The van der Waals surface area contributed by atoms with Crippen LogP contribution in [0.5, 0.6) is 0 Å². The van der Waals surface area contributed by atoms with Crippen molar-refractivity contribution in [2.45, 2.75) is 25.8 Å². The minimum absolute atomic E-state index is 0. The van der Waals surface area contributed by atoms with Crippen molar-refractivity contribution >= 4 is 30.7 Å². The maximum absolute atomic E-state index is 12.2. The van der Waals surface area contributed by atoms with Crippen LogP contribution >= 0.6 is 24.8 Å². The lowest BCUT2D eigenvalue weighted by Crippen LogP contribution is -2.51. The van der Waals surface area contributed by atoms with Gasteiger partial charge >= 0.3 is 0 Å².